The van der Waals surface area contributed by atoms with Crippen molar-refractivity contribution in [2.24, 2.45) is 0 Å². The van der Waals surface area contributed by atoms with Crippen LogP contribution in [-0.4, -0.2) is 37.8 Å². The van der Waals surface area contributed by atoms with Crippen LogP contribution in [0.1, 0.15) is 11.1 Å². The highest BCUT2D eigenvalue weighted by Crippen LogP contribution is 2.17. The van der Waals surface area contributed by atoms with Crippen molar-refractivity contribution in [2.75, 3.05) is 25.5 Å². The molecule has 0 amide bonds. The van der Waals surface area contributed by atoms with E-state index in [0.29, 0.717) is 6.54 Å². The summed E-state index contributed by atoms with van der Waals surface area (Å²) in [5.74, 6) is -0.830. The Balaban J connectivity index is 2.78. The first kappa shape index (κ1) is 13.5. The van der Waals surface area contributed by atoms with Crippen molar-refractivity contribution >= 4 is 11.7 Å². The Hall–Kier alpha value is -1.55. The number of carbonyl (C=O) groups is 1. The Bertz CT molecular complexity index is 404. The highest BCUT2D eigenvalue weighted by molar-refractivity contribution is 5.74. The first-order chi connectivity index (χ1) is 7.95. The number of likely N-dealkylation sites (N-methyl/N-ethyl adjacent to an activating group) is 2. The van der Waals surface area contributed by atoms with E-state index in [1.807, 2.05) is 18.0 Å². The molecule has 0 bridgehead atoms. The second-order valence-corrected chi connectivity index (χ2v) is 4.33. The van der Waals surface area contributed by atoms with E-state index in [2.05, 4.69) is 31.3 Å². The first-order valence-corrected chi connectivity index (χ1v) is 5.64. The number of nitrogens with zero attached hydrogens (tertiary/aromatic N) is 1. The molecule has 17 heavy (non-hydrogen) atoms. The summed E-state index contributed by atoms with van der Waals surface area (Å²) in [7, 11) is 3.56. The molecule has 4 nitrogen and oxygen atoms in total. The van der Waals surface area contributed by atoms with Crippen molar-refractivity contribution in [1.29, 1.82) is 0 Å². The summed E-state index contributed by atoms with van der Waals surface area (Å²) in [5, 5.41) is 11.8. The standard InChI is InChI=1S/C13H20N2O2/c1-9-5-6-11(7-10(9)2)15(4)8-12(14-3)13(16)17/h5-7,12,14H,8H2,1-4H3,(H,16,17). The lowest BCUT2D eigenvalue weighted by molar-refractivity contribution is -0.139. The molecule has 0 radical (unpaired) electrons. The molecule has 0 saturated heterocycles. The highest BCUT2D eigenvalue weighted by atomic mass is 16.4. The topological polar surface area (TPSA) is 52.6 Å². The van der Waals surface area contributed by atoms with Crippen LogP contribution in [0, 0.1) is 13.8 Å². The lowest BCUT2D eigenvalue weighted by atomic mass is 10.1. The van der Waals surface area contributed by atoms with Crippen LogP contribution < -0.4 is 10.2 Å². The minimum atomic E-state index is -0.830. The van der Waals surface area contributed by atoms with Crippen LogP contribution in [0.4, 0.5) is 5.69 Å². The molecule has 0 fully saturated rings. The van der Waals surface area contributed by atoms with Gasteiger partial charge < -0.3 is 15.3 Å². The molecule has 0 aliphatic heterocycles. The smallest absolute Gasteiger partial charge is 0.322 e. The van der Waals surface area contributed by atoms with Crippen molar-refractivity contribution in [3.05, 3.63) is 29.3 Å². The number of nitrogens with one attached hydrogen (secondary N) is 1. The molecular formula is C13H20N2O2. The summed E-state index contributed by atoms with van der Waals surface area (Å²) >= 11 is 0. The lowest BCUT2D eigenvalue weighted by Crippen LogP contribution is -2.43. The average molecular weight is 236 g/mol. The van der Waals surface area contributed by atoms with E-state index in [9.17, 15) is 4.79 Å². The monoisotopic (exact) mass is 236 g/mol. The number of aliphatic carboxylic acids is 1. The molecule has 0 heterocycles. The Labute approximate surface area is 102 Å². The molecule has 0 spiro atoms. The third-order valence-electron chi connectivity index (χ3n) is 3.03. The van der Waals surface area contributed by atoms with Crippen LogP contribution in [0.3, 0.4) is 0 Å². The summed E-state index contributed by atoms with van der Waals surface area (Å²) in [5.41, 5.74) is 3.49. The van der Waals surface area contributed by atoms with Gasteiger partial charge in [0.05, 0.1) is 0 Å². The van der Waals surface area contributed by atoms with Crippen molar-refractivity contribution in [3.63, 3.8) is 0 Å². The first-order valence-electron chi connectivity index (χ1n) is 5.64. The second kappa shape index (κ2) is 5.68. The molecule has 1 unspecified atom stereocenters. The van der Waals surface area contributed by atoms with Gasteiger partial charge in [-0.25, -0.2) is 0 Å². The largest absolute Gasteiger partial charge is 0.480 e. The van der Waals surface area contributed by atoms with E-state index in [4.69, 9.17) is 5.11 Å². The number of carboxylic acid groups (broad SMARTS) is 1. The van der Waals surface area contributed by atoms with Gasteiger partial charge >= 0.3 is 5.97 Å². The van der Waals surface area contributed by atoms with Crippen LogP contribution in [0.5, 0.6) is 0 Å². The quantitative estimate of drug-likeness (QED) is 0.811. The zero-order valence-corrected chi connectivity index (χ0v) is 10.8. The van der Waals surface area contributed by atoms with Gasteiger partial charge in [-0.2, -0.15) is 0 Å². The predicted molar refractivity (Wildman–Crippen MR) is 69.7 cm³/mol. The summed E-state index contributed by atoms with van der Waals surface area (Å²) in [4.78, 5) is 12.9. The minimum absolute atomic E-state index is 0.439. The molecule has 4 heteroatoms. The zero-order chi connectivity index (χ0) is 13.0. The fourth-order valence-corrected chi connectivity index (χ4v) is 1.64. The fraction of sp³-hybridized carbons (Fsp3) is 0.462. The molecule has 2 N–H and O–H groups in total. The molecule has 0 aliphatic rings. The number of rotatable bonds is 5. The summed E-state index contributed by atoms with van der Waals surface area (Å²) in [6.45, 7) is 4.56. The third kappa shape index (κ3) is 3.46. The van der Waals surface area contributed by atoms with Gasteiger partial charge in [0.1, 0.15) is 6.04 Å². The van der Waals surface area contributed by atoms with Gasteiger partial charge in [-0.1, -0.05) is 6.07 Å². The van der Waals surface area contributed by atoms with Crippen LogP contribution in [0.2, 0.25) is 0 Å². The number of hydrogen-bond acceptors (Lipinski definition) is 3. The maximum Gasteiger partial charge on any atom is 0.322 e. The maximum absolute atomic E-state index is 10.9. The average Bonchev–Trinajstić information content (AvgIpc) is 2.28. The number of aryl methyl sites for hydroxylation is 2. The van der Waals surface area contributed by atoms with Gasteiger partial charge in [0, 0.05) is 19.3 Å². The Morgan fingerprint density at radius 1 is 1.41 bits per heavy atom. The number of benzene rings is 1. The molecular weight excluding hydrogens is 216 g/mol. The molecule has 0 saturated carbocycles. The Morgan fingerprint density at radius 2 is 2.06 bits per heavy atom. The van der Waals surface area contributed by atoms with E-state index in [1.54, 1.807) is 7.05 Å². The van der Waals surface area contributed by atoms with Gasteiger partial charge in [-0.15, -0.1) is 0 Å². The number of anilines is 1. The van der Waals surface area contributed by atoms with Crippen LogP contribution in [0.15, 0.2) is 18.2 Å². The summed E-state index contributed by atoms with van der Waals surface area (Å²) in [6, 6.07) is 5.58. The SMILES string of the molecule is CNC(CN(C)c1ccc(C)c(C)c1)C(=O)O. The van der Waals surface area contributed by atoms with E-state index < -0.39 is 12.0 Å². The van der Waals surface area contributed by atoms with Gasteiger partial charge in [0.2, 0.25) is 0 Å². The third-order valence-corrected chi connectivity index (χ3v) is 3.03. The van der Waals surface area contributed by atoms with Gasteiger partial charge in [0.25, 0.3) is 0 Å². The molecule has 0 aromatic heterocycles. The molecule has 1 rings (SSSR count). The van der Waals surface area contributed by atoms with Gasteiger partial charge in [0.15, 0.2) is 0 Å². The van der Waals surface area contributed by atoms with Crippen LogP contribution in [0.25, 0.3) is 0 Å². The van der Waals surface area contributed by atoms with Crippen molar-refractivity contribution in [3.8, 4) is 0 Å². The molecule has 0 aliphatic carbocycles. The summed E-state index contributed by atoms with van der Waals surface area (Å²) in [6.07, 6.45) is 0. The Morgan fingerprint density at radius 3 is 2.53 bits per heavy atom. The highest BCUT2D eigenvalue weighted by Gasteiger charge is 2.17. The van der Waals surface area contributed by atoms with Crippen molar-refractivity contribution < 1.29 is 9.90 Å². The summed E-state index contributed by atoms with van der Waals surface area (Å²) < 4.78 is 0. The number of carboxylic acids is 1. The lowest BCUT2D eigenvalue weighted by Gasteiger charge is -2.23. The van der Waals surface area contributed by atoms with Crippen LogP contribution in [-0.2, 0) is 4.79 Å². The molecule has 1 aromatic rings. The van der Waals surface area contributed by atoms with Crippen molar-refractivity contribution in [1.82, 2.24) is 5.32 Å². The molecule has 94 valence electrons. The zero-order valence-electron chi connectivity index (χ0n) is 10.8. The Kier molecular flexibility index (Phi) is 4.52. The van der Waals surface area contributed by atoms with E-state index >= 15 is 0 Å². The normalized spacial score (nSPS) is 12.2. The maximum atomic E-state index is 10.9. The second-order valence-electron chi connectivity index (χ2n) is 4.33. The predicted octanol–water partition coefficient (Wildman–Crippen LogP) is 1.41. The van der Waals surface area contributed by atoms with Gasteiger partial charge in [-0.3, -0.25) is 4.79 Å². The minimum Gasteiger partial charge on any atom is -0.480 e. The fourth-order valence-electron chi connectivity index (χ4n) is 1.64. The van der Waals surface area contributed by atoms with E-state index in [-0.39, 0.29) is 0 Å². The van der Waals surface area contributed by atoms with Crippen LogP contribution >= 0.6 is 0 Å². The van der Waals surface area contributed by atoms with E-state index in [0.717, 1.165) is 5.69 Å². The number of hydrogen-bond donors (Lipinski definition) is 2. The van der Waals surface area contributed by atoms with Gasteiger partial charge in [-0.05, 0) is 44.2 Å². The molecule has 1 aromatic carbocycles. The van der Waals surface area contributed by atoms with Crippen molar-refractivity contribution in [2.45, 2.75) is 19.9 Å². The van der Waals surface area contributed by atoms with E-state index in [1.165, 1.54) is 11.1 Å². The molecule has 1 atom stereocenters.